The molecule has 20 heavy (non-hydrogen) atoms. The van der Waals surface area contributed by atoms with Crippen LogP contribution in [0.15, 0.2) is 36.4 Å². The molecular formula is C15H13FN2O2. The van der Waals surface area contributed by atoms with Gasteiger partial charge in [-0.15, -0.1) is 0 Å². The number of nitrogens with zero attached hydrogens (tertiary/aromatic N) is 1. The summed E-state index contributed by atoms with van der Waals surface area (Å²) in [7, 11) is 0. The minimum atomic E-state index is -0.353. The number of hydrogen-bond donors (Lipinski definition) is 1. The Bertz CT molecular complexity index is 699. The summed E-state index contributed by atoms with van der Waals surface area (Å²) < 4.78 is 13.7. The van der Waals surface area contributed by atoms with Crippen molar-refractivity contribution in [1.82, 2.24) is 10.2 Å². The number of hydrogen-bond acceptors (Lipinski definition) is 2. The van der Waals surface area contributed by atoms with Gasteiger partial charge in [0.25, 0.3) is 5.91 Å². The Hall–Kier alpha value is -2.43. The molecule has 2 aromatic rings. The molecule has 1 heterocycles. The third-order valence-electron chi connectivity index (χ3n) is 3.43. The molecule has 4 nitrogen and oxygen atoms in total. The third kappa shape index (κ3) is 2.11. The van der Waals surface area contributed by atoms with Crippen LogP contribution in [0.1, 0.15) is 10.4 Å². The van der Waals surface area contributed by atoms with E-state index in [-0.39, 0.29) is 24.2 Å². The van der Waals surface area contributed by atoms with E-state index in [9.17, 15) is 14.0 Å². The summed E-state index contributed by atoms with van der Waals surface area (Å²) in [5.74, 6) is -0.763. The van der Waals surface area contributed by atoms with Gasteiger partial charge >= 0.3 is 0 Å². The maximum Gasteiger partial charge on any atom is 0.255 e. The zero-order valence-electron chi connectivity index (χ0n) is 10.7. The zero-order chi connectivity index (χ0) is 14.1. The normalized spacial score (nSPS) is 15.2. The average molecular weight is 272 g/mol. The van der Waals surface area contributed by atoms with Gasteiger partial charge in [-0.3, -0.25) is 9.59 Å². The molecule has 1 fully saturated rings. The lowest BCUT2D eigenvalue weighted by atomic mass is 10.0. The van der Waals surface area contributed by atoms with E-state index in [0.717, 1.165) is 0 Å². The topological polar surface area (TPSA) is 49.4 Å². The van der Waals surface area contributed by atoms with Gasteiger partial charge in [0.15, 0.2) is 0 Å². The number of fused-ring (bicyclic) bond motifs is 1. The molecule has 0 radical (unpaired) electrons. The van der Waals surface area contributed by atoms with Crippen molar-refractivity contribution in [2.45, 2.75) is 0 Å². The molecule has 0 unspecified atom stereocenters. The molecule has 1 aliphatic heterocycles. The van der Waals surface area contributed by atoms with Crippen molar-refractivity contribution >= 4 is 22.6 Å². The van der Waals surface area contributed by atoms with Crippen molar-refractivity contribution in [3.63, 3.8) is 0 Å². The minimum absolute atomic E-state index is 0.0462. The van der Waals surface area contributed by atoms with Crippen molar-refractivity contribution in [2.75, 3.05) is 19.6 Å². The van der Waals surface area contributed by atoms with E-state index in [0.29, 0.717) is 29.4 Å². The van der Waals surface area contributed by atoms with Crippen LogP contribution in [0.5, 0.6) is 0 Å². The van der Waals surface area contributed by atoms with Gasteiger partial charge in [0.2, 0.25) is 5.91 Å². The standard InChI is InChI=1S/C15H13FN2O2/c16-13-6-5-12(10-3-1-2-4-11(10)13)15(20)18-8-7-17-14(19)9-18/h1-6H,7-9H2,(H,17,19). The van der Waals surface area contributed by atoms with Gasteiger partial charge in [0.1, 0.15) is 5.82 Å². The summed E-state index contributed by atoms with van der Waals surface area (Å²) in [5, 5.41) is 3.66. The molecule has 1 N–H and O–H groups in total. The molecular weight excluding hydrogens is 259 g/mol. The molecule has 0 spiro atoms. The van der Waals surface area contributed by atoms with Crippen LogP contribution in [0.3, 0.4) is 0 Å². The molecule has 102 valence electrons. The number of carbonyl (C=O) groups is 2. The summed E-state index contributed by atoms with van der Waals surface area (Å²) in [6.07, 6.45) is 0. The first-order valence-corrected chi connectivity index (χ1v) is 6.40. The fourth-order valence-corrected chi connectivity index (χ4v) is 2.43. The quantitative estimate of drug-likeness (QED) is 0.856. The zero-order valence-corrected chi connectivity index (χ0v) is 10.7. The highest BCUT2D eigenvalue weighted by Gasteiger charge is 2.23. The predicted octanol–water partition coefficient (Wildman–Crippen LogP) is 1.55. The van der Waals surface area contributed by atoms with Crippen molar-refractivity contribution in [2.24, 2.45) is 0 Å². The summed E-state index contributed by atoms with van der Waals surface area (Å²) in [6.45, 7) is 0.963. The van der Waals surface area contributed by atoms with Gasteiger partial charge < -0.3 is 10.2 Å². The first-order chi connectivity index (χ1) is 9.66. The summed E-state index contributed by atoms with van der Waals surface area (Å²) in [4.78, 5) is 25.3. The van der Waals surface area contributed by atoms with Gasteiger partial charge in [-0.25, -0.2) is 4.39 Å². The van der Waals surface area contributed by atoms with Crippen LogP contribution in [0.25, 0.3) is 10.8 Å². The van der Waals surface area contributed by atoms with Gasteiger partial charge in [0, 0.05) is 24.0 Å². The third-order valence-corrected chi connectivity index (χ3v) is 3.43. The molecule has 1 saturated heterocycles. The lowest BCUT2D eigenvalue weighted by Crippen LogP contribution is -2.50. The molecule has 0 saturated carbocycles. The SMILES string of the molecule is O=C1CN(C(=O)c2ccc(F)c3ccccc23)CCN1. The van der Waals surface area contributed by atoms with Crippen LogP contribution in [-0.4, -0.2) is 36.3 Å². The van der Waals surface area contributed by atoms with Crippen LogP contribution >= 0.6 is 0 Å². The molecule has 0 aromatic heterocycles. The molecule has 2 amide bonds. The first kappa shape index (κ1) is 12.6. The van der Waals surface area contributed by atoms with Crippen LogP contribution < -0.4 is 5.32 Å². The van der Waals surface area contributed by atoms with Crippen LogP contribution in [0, 0.1) is 5.82 Å². The molecule has 0 atom stereocenters. The fourth-order valence-electron chi connectivity index (χ4n) is 2.43. The summed E-state index contributed by atoms with van der Waals surface area (Å²) in [6, 6.07) is 9.63. The lowest BCUT2D eigenvalue weighted by Gasteiger charge is -2.27. The van der Waals surface area contributed by atoms with Gasteiger partial charge in [-0.05, 0) is 17.5 Å². The molecule has 2 aromatic carbocycles. The van der Waals surface area contributed by atoms with Crippen LogP contribution in [-0.2, 0) is 4.79 Å². The first-order valence-electron chi connectivity index (χ1n) is 6.40. The predicted molar refractivity (Wildman–Crippen MR) is 72.8 cm³/mol. The highest BCUT2D eigenvalue weighted by Crippen LogP contribution is 2.23. The Morgan fingerprint density at radius 1 is 1.15 bits per heavy atom. The number of rotatable bonds is 1. The van der Waals surface area contributed by atoms with E-state index in [1.54, 1.807) is 24.3 Å². The summed E-state index contributed by atoms with van der Waals surface area (Å²) in [5.41, 5.74) is 0.428. The van der Waals surface area contributed by atoms with E-state index in [1.165, 1.54) is 17.0 Å². The Balaban J connectivity index is 2.04. The maximum atomic E-state index is 13.7. The second-order valence-electron chi connectivity index (χ2n) is 4.72. The molecule has 5 heteroatoms. The average Bonchev–Trinajstić information content (AvgIpc) is 2.47. The maximum absolute atomic E-state index is 13.7. The largest absolute Gasteiger partial charge is 0.353 e. The Labute approximate surface area is 115 Å². The lowest BCUT2D eigenvalue weighted by molar-refractivity contribution is -0.123. The monoisotopic (exact) mass is 272 g/mol. The molecule has 0 aliphatic carbocycles. The Morgan fingerprint density at radius 2 is 1.90 bits per heavy atom. The number of nitrogens with one attached hydrogen (secondary N) is 1. The number of piperazine rings is 1. The van der Waals surface area contributed by atoms with Crippen LogP contribution in [0.4, 0.5) is 4.39 Å². The van der Waals surface area contributed by atoms with Crippen molar-refractivity contribution in [1.29, 1.82) is 0 Å². The molecule has 3 rings (SSSR count). The number of benzene rings is 2. The Morgan fingerprint density at radius 3 is 2.65 bits per heavy atom. The minimum Gasteiger partial charge on any atom is -0.353 e. The van der Waals surface area contributed by atoms with Crippen molar-refractivity contribution < 1.29 is 14.0 Å². The van der Waals surface area contributed by atoms with Gasteiger partial charge in [0.05, 0.1) is 6.54 Å². The van der Waals surface area contributed by atoms with Gasteiger partial charge in [-0.1, -0.05) is 24.3 Å². The highest BCUT2D eigenvalue weighted by atomic mass is 19.1. The van der Waals surface area contributed by atoms with E-state index in [4.69, 9.17) is 0 Å². The fraction of sp³-hybridized carbons (Fsp3) is 0.200. The van der Waals surface area contributed by atoms with E-state index >= 15 is 0 Å². The second kappa shape index (κ2) is 4.92. The van der Waals surface area contributed by atoms with Crippen LogP contribution in [0.2, 0.25) is 0 Å². The van der Waals surface area contributed by atoms with Crippen molar-refractivity contribution in [3.8, 4) is 0 Å². The number of amides is 2. The van der Waals surface area contributed by atoms with E-state index in [2.05, 4.69) is 5.32 Å². The van der Waals surface area contributed by atoms with Crippen molar-refractivity contribution in [3.05, 3.63) is 47.8 Å². The van der Waals surface area contributed by atoms with E-state index < -0.39 is 0 Å². The number of carbonyl (C=O) groups excluding carboxylic acids is 2. The highest BCUT2D eigenvalue weighted by molar-refractivity contribution is 6.08. The summed E-state index contributed by atoms with van der Waals surface area (Å²) >= 11 is 0. The molecule has 0 bridgehead atoms. The smallest absolute Gasteiger partial charge is 0.255 e. The second-order valence-corrected chi connectivity index (χ2v) is 4.72. The van der Waals surface area contributed by atoms with E-state index in [1.807, 2.05) is 0 Å². The number of halogens is 1. The Kier molecular flexibility index (Phi) is 3.10. The molecule has 1 aliphatic rings. The van der Waals surface area contributed by atoms with Gasteiger partial charge in [-0.2, -0.15) is 0 Å².